The molecule has 2 aromatic rings. The number of likely N-dealkylation sites (tertiary alicyclic amines) is 1. The molecule has 2 heterocycles. The number of aromatic nitrogens is 1. The van der Waals surface area contributed by atoms with Gasteiger partial charge in [-0.3, -0.25) is 19.3 Å². The summed E-state index contributed by atoms with van der Waals surface area (Å²) < 4.78 is 42.8. The summed E-state index contributed by atoms with van der Waals surface area (Å²) in [6.07, 6.45) is -4.22. The third-order valence-corrected chi connectivity index (χ3v) is 4.77. The van der Waals surface area contributed by atoms with Gasteiger partial charge in [-0.2, -0.15) is 13.2 Å². The molecule has 0 saturated carbocycles. The highest BCUT2D eigenvalue weighted by Crippen LogP contribution is 2.31. The molecule has 10 heteroatoms. The fourth-order valence-electron chi connectivity index (χ4n) is 2.44. The van der Waals surface area contributed by atoms with Crippen LogP contribution >= 0.6 is 11.3 Å². The fourth-order valence-corrected chi connectivity index (χ4v) is 3.25. The topological polar surface area (TPSA) is 76.6 Å². The van der Waals surface area contributed by atoms with Crippen molar-refractivity contribution in [2.75, 3.05) is 6.54 Å². The summed E-state index contributed by atoms with van der Waals surface area (Å²) in [4.78, 5) is 39.8. The van der Waals surface area contributed by atoms with Crippen molar-refractivity contribution in [3.05, 3.63) is 40.9 Å². The summed E-state index contributed by atoms with van der Waals surface area (Å²) in [5.74, 6) is -1.55. The van der Waals surface area contributed by atoms with Crippen LogP contribution in [-0.2, 0) is 31.9 Å². The molecule has 1 aromatic carbocycles. The zero-order chi connectivity index (χ0) is 19.6. The maximum atomic E-state index is 12.6. The van der Waals surface area contributed by atoms with Crippen molar-refractivity contribution in [3.63, 3.8) is 0 Å². The minimum atomic E-state index is -4.40. The monoisotopic (exact) mass is 398 g/mol. The lowest BCUT2D eigenvalue weighted by molar-refractivity contribution is -0.153. The summed E-state index contributed by atoms with van der Waals surface area (Å²) in [5.41, 5.74) is 0.184. The van der Waals surface area contributed by atoms with Crippen LogP contribution in [0, 0.1) is 0 Å². The highest BCUT2D eigenvalue weighted by Gasteiger charge is 2.31. The average Bonchev–Trinajstić information content (AvgIpc) is 3.21. The number of rotatable bonds is 5. The van der Waals surface area contributed by atoms with Crippen LogP contribution in [0.5, 0.6) is 0 Å². The average molecular weight is 398 g/mol. The number of ether oxygens (including phenoxy) is 1. The van der Waals surface area contributed by atoms with Crippen molar-refractivity contribution < 1.29 is 32.3 Å². The number of esters is 1. The molecule has 0 atom stereocenters. The van der Waals surface area contributed by atoms with Gasteiger partial charge in [0.15, 0.2) is 0 Å². The molecule has 3 rings (SSSR count). The number of amides is 2. The lowest BCUT2D eigenvalue weighted by Gasteiger charge is -2.12. The maximum absolute atomic E-state index is 12.6. The van der Waals surface area contributed by atoms with Crippen LogP contribution in [0.1, 0.15) is 24.1 Å². The van der Waals surface area contributed by atoms with Crippen LogP contribution in [0.3, 0.4) is 0 Å². The van der Waals surface area contributed by atoms with Gasteiger partial charge in [-0.05, 0) is 12.1 Å². The molecule has 1 fully saturated rings. The van der Waals surface area contributed by atoms with Crippen LogP contribution in [-0.4, -0.2) is 34.2 Å². The van der Waals surface area contributed by atoms with E-state index in [0.717, 1.165) is 17.0 Å². The van der Waals surface area contributed by atoms with Crippen molar-refractivity contribution >= 4 is 29.1 Å². The van der Waals surface area contributed by atoms with Gasteiger partial charge < -0.3 is 4.74 Å². The van der Waals surface area contributed by atoms with Crippen LogP contribution in [0.25, 0.3) is 10.6 Å². The van der Waals surface area contributed by atoms with Gasteiger partial charge in [0.25, 0.3) is 0 Å². The highest BCUT2D eigenvalue weighted by molar-refractivity contribution is 7.13. The molecule has 0 spiro atoms. The minimum absolute atomic E-state index is 0.0920. The zero-order valence-corrected chi connectivity index (χ0v) is 14.6. The second-order valence-electron chi connectivity index (χ2n) is 5.75. The Morgan fingerprint density at radius 3 is 2.37 bits per heavy atom. The first kappa shape index (κ1) is 19.0. The number of carbonyl (C=O) groups is 3. The third-order valence-electron chi connectivity index (χ3n) is 3.83. The molecule has 2 amide bonds. The normalized spacial score (nSPS) is 14.7. The number of thiazole rings is 1. The number of halogens is 3. The Bertz CT molecular complexity index is 861. The summed E-state index contributed by atoms with van der Waals surface area (Å²) in [6.45, 7) is -0.597. The summed E-state index contributed by atoms with van der Waals surface area (Å²) >= 11 is 1.20. The molecule has 1 aliphatic rings. The van der Waals surface area contributed by atoms with Gasteiger partial charge in [-0.15, -0.1) is 11.3 Å². The van der Waals surface area contributed by atoms with E-state index in [2.05, 4.69) is 4.98 Å². The van der Waals surface area contributed by atoms with E-state index in [-0.39, 0.29) is 19.4 Å². The number of benzene rings is 1. The van der Waals surface area contributed by atoms with E-state index >= 15 is 0 Å². The Hall–Kier alpha value is -2.75. The van der Waals surface area contributed by atoms with E-state index in [1.54, 1.807) is 5.38 Å². The molecule has 0 radical (unpaired) electrons. The molecule has 0 bridgehead atoms. The van der Waals surface area contributed by atoms with Crippen molar-refractivity contribution in [3.8, 4) is 10.6 Å². The van der Waals surface area contributed by atoms with E-state index in [4.69, 9.17) is 4.74 Å². The molecule has 0 N–H and O–H groups in total. The fraction of sp³-hybridized carbons (Fsp3) is 0.294. The largest absolute Gasteiger partial charge is 0.458 e. The van der Waals surface area contributed by atoms with Crippen LogP contribution in [0.2, 0.25) is 0 Å². The molecule has 0 aliphatic carbocycles. The van der Waals surface area contributed by atoms with Gasteiger partial charge in [-0.1, -0.05) is 12.1 Å². The van der Waals surface area contributed by atoms with Crippen molar-refractivity contribution in [2.45, 2.75) is 25.6 Å². The van der Waals surface area contributed by atoms with Gasteiger partial charge in [0.1, 0.15) is 18.2 Å². The number of hydrogen-bond acceptors (Lipinski definition) is 6. The summed E-state index contributed by atoms with van der Waals surface area (Å²) in [5, 5.41) is 2.10. The molecule has 6 nitrogen and oxygen atoms in total. The molecule has 142 valence electrons. The predicted molar refractivity (Wildman–Crippen MR) is 88.3 cm³/mol. The Morgan fingerprint density at radius 2 is 1.78 bits per heavy atom. The Kier molecular flexibility index (Phi) is 5.26. The number of carbonyl (C=O) groups excluding carboxylic acids is 3. The van der Waals surface area contributed by atoms with Crippen LogP contribution in [0.4, 0.5) is 13.2 Å². The smallest absolute Gasteiger partial charge is 0.416 e. The quantitative estimate of drug-likeness (QED) is 0.572. The third kappa shape index (κ3) is 4.51. The van der Waals surface area contributed by atoms with E-state index in [9.17, 15) is 27.6 Å². The second kappa shape index (κ2) is 7.47. The lowest BCUT2D eigenvalue weighted by Crippen LogP contribution is -2.35. The van der Waals surface area contributed by atoms with Crippen LogP contribution in [0.15, 0.2) is 29.6 Å². The summed E-state index contributed by atoms with van der Waals surface area (Å²) in [7, 11) is 0. The molecule has 1 saturated heterocycles. The first-order valence-electron chi connectivity index (χ1n) is 7.85. The Morgan fingerprint density at radius 1 is 1.15 bits per heavy atom. The standard InChI is InChI=1S/C17H13F3N2O4S/c18-17(19,20)11-3-1-10(2-4-11)16-21-12(9-27-16)8-26-15(25)7-22-13(23)5-6-14(22)24/h1-4,9H,5-8H2. The first-order valence-corrected chi connectivity index (χ1v) is 8.73. The van der Waals surface area contributed by atoms with E-state index in [1.807, 2.05) is 0 Å². The van der Waals surface area contributed by atoms with Gasteiger partial charge in [0.2, 0.25) is 11.8 Å². The number of nitrogens with zero attached hydrogens (tertiary/aromatic N) is 2. The van der Waals surface area contributed by atoms with E-state index < -0.39 is 36.1 Å². The SMILES string of the molecule is O=C(CN1C(=O)CCC1=O)OCc1csc(-c2ccc(C(F)(F)F)cc2)n1. The number of imide groups is 1. The highest BCUT2D eigenvalue weighted by atomic mass is 32.1. The Balaban J connectivity index is 1.57. The molecule has 0 unspecified atom stereocenters. The van der Waals surface area contributed by atoms with E-state index in [1.165, 1.54) is 23.5 Å². The van der Waals surface area contributed by atoms with Gasteiger partial charge in [-0.25, -0.2) is 4.98 Å². The van der Waals surface area contributed by atoms with Gasteiger partial charge in [0.05, 0.1) is 11.3 Å². The zero-order valence-electron chi connectivity index (χ0n) is 13.8. The second-order valence-corrected chi connectivity index (χ2v) is 6.61. The first-order chi connectivity index (χ1) is 12.7. The van der Waals surface area contributed by atoms with Crippen molar-refractivity contribution in [2.24, 2.45) is 0 Å². The van der Waals surface area contributed by atoms with E-state index in [0.29, 0.717) is 16.3 Å². The summed E-state index contributed by atoms with van der Waals surface area (Å²) in [6, 6.07) is 4.59. The molecule has 1 aliphatic heterocycles. The molecule has 27 heavy (non-hydrogen) atoms. The molecular weight excluding hydrogens is 385 g/mol. The van der Waals surface area contributed by atoms with Crippen molar-refractivity contribution in [1.29, 1.82) is 0 Å². The van der Waals surface area contributed by atoms with Gasteiger partial charge >= 0.3 is 12.1 Å². The molecular formula is C17H13F3N2O4S. The number of alkyl halides is 3. The minimum Gasteiger partial charge on any atom is -0.458 e. The maximum Gasteiger partial charge on any atom is 0.416 e. The van der Waals surface area contributed by atoms with Crippen LogP contribution < -0.4 is 0 Å². The lowest BCUT2D eigenvalue weighted by atomic mass is 10.1. The number of hydrogen-bond donors (Lipinski definition) is 0. The Labute approximate surface area is 155 Å². The van der Waals surface area contributed by atoms with Crippen molar-refractivity contribution in [1.82, 2.24) is 9.88 Å². The molecule has 1 aromatic heterocycles. The predicted octanol–water partition coefficient (Wildman–Crippen LogP) is 3.02. The van der Waals surface area contributed by atoms with Gasteiger partial charge in [0, 0.05) is 23.8 Å².